The second kappa shape index (κ2) is 6.37. The van der Waals surface area contributed by atoms with Crippen LogP contribution in [0.15, 0.2) is 37.2 Å². The summed E-state index contributed by atoms with van der Waals surface area (Å²) in [5, 5.41) is 0. The molecule has 1 aliphatic heterocycles. The van der Waals surface area contributed by atoms with Crippen LogP contribution < -0.4 is 0 Å². The van der Waals surface area contributed by atoms with Crippen LogP contribution in [-0.2, 0) is 9.47 Å². The minimum atomic E-state index is -0.0638. The molecule has 3 atom stereocenters. The van der Waals surface area contributed by atoms with Crippen molar-refractivity contribution in [3.63, 3.8) is 0 Å². The number of pyridine rings is 1. The molecule has 1 amide bonds. The van der Waals surface area contributed by atoms with Gasteiger partial charge in [0.1, 0.15) is 6.10 Å². The number of nitrogens with zero attached hydrogens (tertiary/aromatic N) is 2. The number of ether oxygens (including phenoxy) is 2. The second-order valence-corrected chi connectivity index (χ2v) is 5.38. The number of amides is 1. The van der Waals surface area contributed by atoms with E-state index in [0.717, 1.165) is 12.8 Å². The number of carbonyl (C=O) groups excluding carboxylic acids is 1. The summed E-state index contributed by atoms with van der Waals surface area (Å²) < 4.78 is 11.7. The molecule has 1 aromatic rings. The van der Waals surface area contributed by atoms with Crippen LogP contribution in [0.4, 0.5) is 0 Å². The summed E-state index contributed by atoms with van der Waals surface area (Å²) in [4.78, 5) is 18.6. The number of aromatic nitrogens is 1. The zero-order chi connectivity index (χ0) is 14.7. The first-order valence-corrected chi connectivity index (χ1v) is 7.36. The Bertz CT molecular complexity index is 506. The third-order valence-corrected chi connectivity index (χ3v) is 4.13. The van der Waals surface area contributed by atoms with Crippen LogP contribution in [0, 0.1) is 0 Å². The van der Waals surface area contributed by atoms with Gasteiger partial charge in [0, 0.05) is 18.9 Å². The Morgan fingerprint density at radius 1 is 1.57 bits per heavy atom. The minimum absolute atomic E-state index is 0.00598. The maximum Gasteiger partial charge on any atom is 0.255 e. The van der Waals surface area contributed by atoms with Crippen LogP contribution in [0.25, 0.3) is 0 Å². The van der Waals surface area contributed by atoms with Gasteiger partial charge >= 0.3 is 0 Å². The quantitative estimate of drug-likeness (QED) is 0.791. The highest BCUT2D eigenvalue weighted by molar-refractivity contribution is 5.94. The molecule has 1 saturated heterocycles. The number of rotatable bonds is 4. The predicted octanol–water partition coefficient (Wildman–Crippen LogP) is 1.66. The molecule has 21 heavy (non-hydrogen) atoms. The summed E-state index contributed by atoms with van der Waals surface area (Å²) in [5.41, 5.74) is 0.616. The fraction of sp³-hybridized carbons (Fsp3) is 0.500. The lowest BCUT2D eigenvalue weighted by molar-refractivity contribution is -0.0434. The summed E-state index contributed by atoms with van der Waals surface area (Å²) in [7, 11) is 0. The zero-order valence-electron chi connectivity index (χ0n) is 12.0. The lowest BCUT2D eigenvalue weighted by Gasteiger charge is -2.31. The Balaban J connectivity index is 1.81. The molecule has 3 rings (SSSR count). The Labute approximate surface area is 124 Å². The highest BCUT2D eigenvalue weighted by atomic mass is 16.5. The molecule has 0 aromatic carbocycles. The number of hydrogen-bond acceptors (Lipinski definition) is 4. The molecule has 2 bridgehead atoms. The van der Waals surface area contributed by atoms with Gasteiger partial charge in [-0.05, 0) is 25.0 Å². The summed E-state index contributed by atoms with van der Waals surface area (Å²) in [6.45, 7) is 5.32. The van der Waals surface area contributed by atoms with Crippen molar-refractivity contribution in [2.24, 2.45) is 0 Å². The van der Waals surface area contributed by atoms with Gasteiger partial charge in [0.25, 0.3) is 5.91 Å². The zero-order valence-corrected chi connectivity index (χ0v) is 12.0. The van der Waals surface area contributed by atoms with Gasteiger partial charge in [0.2, 0.25) is 0 Å². The Kier molecular flexibility index (Phi) is 4.31. The highest BCUT2D eigenvalue weighted by Gasteiger charge is 2.44. The molecule has 0 unspecified atom stereocenters. The molecule has 0 spiro atoms. The molecule has 5 heteroatoms. The van der Waals surface area contributed by atoms with E-state index < -0.39 is 0 Å². The monoisotopic (exact) mass is 288 g/mol. The maximum absolute atomic E-state index is 12.7. The van der Waals surface area contributed by atoms with Gasteiger partial charge < -0.3 is 14.4 Å². The first kappa shape index (κ1) is 14.2. The van der Waals surface area contributed by atoms with E-state index in [0.29, 0.717) is 25.3 Å². The lowest BCUT2D eigenvalue weighted by atomic mass is 10.1. The number of fused-ring (bicyclic) bond motifs is 2. The number of carbonyl (C=O) groups is 1. The van der Waals surface area contributed by atoms with E-state index in [1.54, 1.807) is 30.6 Å². The molecule has 0 N–H and O–H groups in total. The van der Waals surface area contributed by atoms with E-state index in [1.165, 1.54) is 0 Å². The number of hydrogen-bond donors (Lipinski definition) is 0. The van der Waals surface area contributed by atoms with Crippen LogP contribution >= 0.6 is 0 Å². The van der Waals surface area contributed by atoms with Crippen molar-refractivity contribution in [2.75, 3.05) is 19.8 Å². The third-order valence-electron chi connectivity index (χ3n) is 4.13. The van der Waals surface area contributed by atoms with Crippen LogP contribution in [0.5, 0.6) is 0 Å². The molecule has 2 fully saturated rings. The van der Waals surface area contributed by atoms with Gasteiger partial charge in [-0.25, -0.2) is 0 Å². The van der Waals surface area contributed by atoms with Crippen molar-refractivity contribution >= 4 is 5.91 Å². The summed E-state index contributed by atoms with van der Waals surface area (Å²) in [6.07, 6.45) is 6.89. The fourth-order valence-corrected chi connectivity index (χ4v) is 3.20. The molecular weight excluding hydrogens is 268 g/mol. The minimum Gasteiger partial charge on any atom is -0.374 e. The van der Waals surface area contributed by atoms with E-state index in [9.17, 15) is 4.79 Å². The highest BCUT2D eigenvalue weighted by Crippen LogP contribution is 2.32. The Morgan fingerprint density at radius 2 is 2.48 bits per heavy atom. The van der Waals surface area contributed by atoms with Crippen molar-refractivity contribution in [1.82, 2.24) is 9.88 Å². The Hall–Kier alpha value is -1.72. The fourth-order valence-electron chi connectivity index (χ4n) is 3.20. The van der Waals surface area contributed by atoms with Crippen LogP contribution in [0.1, 0.15) is 23.2 Å². The first-order valence-electron chi connectivity index (χ1n) is 7.36. The van der Waals surface area contributed by atoms with Crippen LogP contribution in [0.2, 0.25) is 0 Å². The molecular formula is C16H20N2O3. The predicted molar refractivity (Wildman–Crippen MR) is 78.0 cm³/mol. The SMILES string of the molecule is C=CCO[C@@H]1[C@H]2CC[C@H]1OCCN2C(=O)c1cccnc1. The van der Waals surface area contributed by atoms with Crippen molar-refractivity contribution in [3.8, 4) is 0 Å². The summed E-state index contributed by atoms with van der Waals surface area (Å²) in [5.74, 6) is 0.00598. The smallest absolute Gasteiger partial charge is 0.255 e. The summed E-state index contributed by atoms with van der Waals surface area (Å²) in [6, 6.07) is 3.66. The maximum atomic E-state index is 12.7. The van der Waals surface area contributed by atoms with Gasteiger partial charge in [-0.15, -0.1) is 6.58 Å². The van der Waals surface area contributed by atoms with Crippen molar-refractivity contribution in [3.05, 3.63) is 42.7 Å². The summed E-state index contributed by atoms with van der Waals surface area (Å²) >= 11 is 0. The third kappa shape index (κ3) is 2.84. The molecule has 1 saturated carbocycles. The average molecular weight is 288 g/mol. The molecule has 2 aliphatic rings. The molecule has 5 nitrogen and oxygen atoms in total. The van der Waals surface area contributed by atoms with E-state index in [-0.39, 0.29) is 24.2 Å². The second-order valence-electron chi connectivity index (χ2n) is 5.38. The molecule has 0 radical (unpaired) electrons. The van der Waals surface area contributed by atoms with Crippen molar-refractivity contribution in [2.45, 2.75) is 31.1 Å². The van der Waals surface area contributed by atoms with Crippen LogP contribution in [0.3, 0.4) is 0 Å². The molecule has 112 valence electrons. The first-order chi connectivity index (χ1) is 10.3. The average Bonchev–Trinajstić information content (AvgIpc) is 2.81. The van der Waals surface area contributed by atoms with Crippen LogP contribution in [-0.4, -0.2) is 53.8 Å². The standard InChI is InChI=1S/C16H20N2O3/c1-2-9-21-15-13-5-6-14(15)20-10-8-18(13)16(19)12-4-3-7-17-11-12/h2-4,7,11,13-15H,1,5-6,8-10H2/t13-,14-,15-/m1/s1. The van der Waals surface area contributed by atoms with E-state index in [1.807, 2.05) is 4.90 Å². The van der Waals surface area contributed by atoms with Crippen molar-refractivity contribution in [1.29, 1.82) is 0 Å². The molecule has 1 aliphatic carbocycles. The van der Waals surface area contributed by atoms with E-state index >= 15 is 0 Å². The van der Waals surface area contributed by atoms with Crippen molar-refractivity contribution < 1.29 is 14.3 Å². The van der Waals surface area contributed by atoms with Gasteiger partial charge in [0.05, 0.1) is 30.9 Å². The molecule has 2 heterocycles. The van der Waals surface area contributed by atoms with E-state index in [2.05, 4.69) is 11.6 Å². The molecule has 1 aromatic heterocycles. The van der Waals surface area contributed by atoms with Gasteiger partial charge in [-0.2, -0.15) is 0 Å². The topological polar surface area (TPSA) is 51.7 Å². The largest absolute Gasteiger partial charge is 0.374 e. The lowest BCUT2D eigenvalue weighted by Crippen LogP contribution is -2.46. The van der Waals surface area contributed by atoms with E-state index in [4.69, 9.17) is 9.47 Å². The van der Waals surface area contributed by atoms with Gasteiger partial charge in [-0.1, -0.05) is 6.08 Å². The van der Waals surface area contributed by atoms with Gasteiger partial charge in [0.15, 0.2) is 0 Å². The Morgan fingerprint density at radius 3 is 3.24 bits per heavy atom. The van der Waals surface area contributed by atoms with Gasteiger partial charge in [-0.3, -0.25) is 9.78 Å². The normalized spacial score (nSPS) is 28.2.